The summed E-state index contributed by atoms with van der Waals surface area (Å²) in [7, 11) is 0. The lowest BCUT2D eigenvalue weighted by atomic mass is 9.76. The summed E-state index contributed by atoms with van der Waals surface area (Å²) < 4.78 is 31.9. The predicted octanol–water partition coefficient (Wildman–Crippen LogP) is 3.88. The van der Waals surface area contributed by atoms with Crippen LogP contribution in [0.5, 0.6) is 0 Å². The monoisotopic (exact) mass is 359 g/mol. The van der Waals surface area contributed by atoms with E-state index in [1.165, 1.54) is 17.7 Å². The Morgan fingerprint density at radius 1 is 1.04 bits per heavy atom. The fourth-order valence-electron chi connectivity index (χ4n) is 4.30. The first-order valence-corrected chi connectivity index (χ1v) is 9.03. The van der Waals surface area contributed by atoms with Gasteiger partial charge in [0.15, 0.2) is 0 Å². The van der Waals surface area contributed by atoms with E-state index >= 15 is 0 Å². The maximum Gasteiger partial charge on any atom is 0.263 e. The van der Waals surface area contributed by atoms with Crippen LogP contribution in [0.1, 0.15) is 36.0 Å². The molecule has 2 fully saturated rings. The molecule has 26 heavy (non-hydrogen) atoms. The molecule has 0 spiro atoms. The molecular weight excluding hydrogens is 336 g/mol. The van der Waals surface area contributed by atoms with Crippen molar-refractivity contribution in [3.8, 4) is 0 Å². The summed E-state index contributed by atoms with van der Waals surface area (Å²) in [5.41, 5.74) is 0.696. The molecule has 2 saturated heterocycles. The molecule has 5 heteroatoms. The van der Waals surface area contributed by atoms with Crippen molar-refractivity contribution in [2.45, 2.75) is 43.5 Å². The Labute approximate surface area is 152 Å². The van der Waals surface area contributed by atoms with Gasteiger partial charge >= 0.3 is 0 Å². The Bertz CT molecular complexity index is 739. The second-order valence-corrected chi connectivity index (χ2v) is 7.37. The van der Waals surface area contributed by atoms with Crippen LogP contribution in [0, 0.1) is 0 Å². The number of halogens is 2. The number of rotatable bonds is 4. The minimum absolute atomic E-state index is 0.0379. The van der Waals surface area contributed by atoms with E-state index in [0.717, 1.165) is 6.54 Å². The van der Waals surface area contributed by atoms with Crippen molar-refractivity contribution in [3.63, 3.8) is 0 Å². The highest BCUT2D eigenvalue weighted by atomic mass is 19.3. The van der Waals surface area contributed by atoms with Gasteiger partial charge in [0, 0.05) is 24.2 Å². The first kappa shape index (κ1) is 17.6. The third-order valence-corrected chi connectivity index (χ3v) is 5.59. The van der Waals surface area contributed by atoms with Gasteiger partial charge in [-0.1, -0.05) is 48.5 Å². The van der Waals surface area contributed by atoms with Gasteiger partial charge in [0.1, 0.15) is 0 Å². The van der Waals surface area contributed by atoms with Gasteiger partial charge in [-0.3, -0.25) is 4.90 Å². The summed E-state index contributed by atoms with van der Waals surface area (Å²) in [4.78, 5) is 2.39. The molecule has 1 N–H and O–H groups in total. The third kappa shape index (κ3) is 3.39. The lowest BCUT2D eigenvalue weighted by molar-refractivity contribution is -0.149. The number of piperidine rings is 1. The Morgan fingerprint density at radius 2 is 1.73 bits per heavy atom. The van der Waals surface area contributed by atoms with E-state index in [-0.39, 0.29) is 17.6 Å². The van der Waals surface area contributed by atoms with Crippen molar-refractivity contribution >= 4 is 0 Å². The topological polar surface area (TPSA) is 32.7 Å². The quantitative estimate of drug-likeness (QED) is 0.899. The first-order valence-electron chi connectivity index (χ1n) is 9.03. The van der Waals surface area contributed by atoms with Crippen LogP contribution in [0.25, 0.3) is 0 Å². The number of hydrogen-bond donors (Lipinski definition) is 1. The van der Waals surface area contributed by atoms with E-state index in [9.17, 15) is 13.9 Å². The van der Waals surface area contributed by atoms with E-state index < -0.39 is 12.0 Å². The second kappa shape index (κ2) is 7.06. The van der Waals surface area contributed by atoms with Gasteiger partial charge in [0.2, 0.25) is 0 Å². The summed E-state index contributed by atoms with van der Waals surface area (Å²) in [6, 6.07) is 16.6. The summed E-state index contributed by atoms with van der Waals surface area (Å²) in [6.45, 7) is 1.92. The minimum atomic E-state index is -2.53. The Kier molecular flexibility index (Phi) is 4.78. The van der Waals surface area contributed by atoms with Crippen molar-refractivity contribution in [1.82, 2.24) is 4.90 Å². The standard InChI is InChI=1S/C21H23F2NO2/c22-20(23)16-7-4-8-17(9-16)21(25)10-18-13-26-14-19(11-21)24(18)12-15-5-2-1-3-6-15/h1-9,18-20,25H,10-14H2. The number of aliphatic hydroxyl groups is 1. The van der Waals surface area contributed by atoms with Crippen LogP contribution < -0.4 is 0 Å². The number of ether oxygens (including phenoxy) is 1. The van der Waals surface area contributed by atoms with Crippen LogP contribution >= 0.6 is 0 Å². The van der Waals surface area contributed by atoms with Gasteiger partial charge in [-0.05, 0) is 30.0 Å². The molecule has 2 aromatic rings. The van der Waals surface area contributed by atoms with Gasteiger partial charge in [0.05, 0.1) is 18.8 Å². The highest BCUT2D eigenvalue weighted by Crippen LogP contribution is 2.42. The molecule has 0 aromatic heterocycles. The molecule has 2 aliphatic heterocycles. The average molecular weight is 359 g/mol. The largest absolute Gasteiger partial charge is 0.385 e. The summed E-state index contributed by atoms with van der Waals surface area (Å²) >= 11 is 0. The maximum absolute atomic E-state index is 13.1. The number of nitrogens with zero attached hydrogens (tertiary/aromatic N) is 1. The molecule has 138 valence electrons. The molecule has 0 aliphatic carbocycles. The fraction of sp³-hybridized carbons (Fsp3) is 0.429. The molecule has 2 aliphatic rings. The smallest absolute Gasteiger partial charge is 0.263 e. The van der Waals surface area contributed by atoms with Gasteiger partial charge in [-0.2, -0.15) is 0 Å². The van der Waals surface area contributed by atoms with E-state index in [2.05, 4.69) is 17.0 Å². The van der Waals surface area contributed by atoms with Gasteiger partial charge < -0.3 is 9.84 Å². The number of fused-ring (bicyclic) bond motifs is 2. The second-order valence-electron chi connectivity index (χ2n) is 7.37. The molecule has 0 radical (unpaired) electrons. The lowest BCUT2D eigenvalue weighted by Gasteiger charge is -2.52. The molecule has 2 unspecified atom stereocenters. The number of benzene rings is 2. The van der Waals surface area contributed by atoms with E-state index in [1.54, 1.807) is 12.1 Å². The van der Waals surface area contributed by atoms with Crippen LogP contribution in [-0.2, 0) is 16.9 Å². The molecule has 0 amide bonds. The van der Waals surface area contributed by atoms with Crippen molar-refractivity contribution < 1.29 is 18.6 Å². The molecule has 0 saturated carbocycles. The Morgan fingerprint density at radius 3 is 2.38 bits per heavy atom. The summed E-state index contributed by atoms with van der Waals surface area (Å²) in [5.74, 6) is 0. The van der Waals surface area contributed by atoms with Crippen LogP contribution in [0.2, 0.25) is 0 Å². The molecule has 2 heterocycles. The first-order chi connectivity index (χ1) is 12.5. The molecule has 3 nitrogen and oxygen atoms in total. The predicted molar refractivity (Wildman–Crippen MR) is 94.9 cm³/mol. The van der Waals surface area contributed by atoms with Crippen molar-refractivity contribution in [1.29, 1.82) is 0 Å². The van der Waals surface area contributed by atoms with Gasteiger partial charge in [-0.15, -0.1) is 0 Å². The molecule has 2 aromatic carbocycles. The molecular formula is C21H23F2NO2. The van der Waals surface area contributed by atoms with E-state index in [0.29, 0.717) is 31.6 Å². The highest BCUT2D eigenvalue weighted by molar-refractivity contribution is 5.30. The summed E-state index contributed by atoms with van der Waals surface area (Å²) in [6.07, 6.45) is -1.55. The van der Waals surface area contributed by atoms with Crippen molar-refractivity contribution in [2.75, 3.05) is 13.2 Å². The Balaban J connectivity index is 1.58. The van der Waals surface area contributed by atoms with Crippen LogP contribution in [0.4, 0.5) is 8.78 Å². The van der Waals surface area contributed by atoms with Crippen molar-refractivity contribution in [2.24, 2.45) is 0 Å². The normalized spacial score (nSPS) is 29.1. The van der Waals surface area contributed by atoms with Crippen LogP contribution in [0.15, 0.2) is 54.6 Å². The fourth-order valence-corrected chi connectivity index (χ4v) is 4.30. The van der Waals surface area contributed by atoms with Gasteiger partial charge in [0.25, 0.3) is 6.43 Å². The SMILES string of the molecule is OC1(c2cccc(C(F)F)c2)CC2COCC(C1)N2Cc1ccccc1. The average Bonchev–Trinajstić information content (AvgIpc) is 2.64. The zero-order chi connectivity index (χ0) is 18.1. The van der Waals surface area contributed by atoms with E-state index in [4.69, 9.17) is 4.74 Å². The number of hydrogen-bond acceptors (Lipinski definition) is 3. The highest BCUT2D eigenvalue weighted by Gasteiger charge is 2.47. The molecule has 4 rings (SSSR count). The number of morpholine rings is 1. The number of alkyl halides is 2. The van der Waals surface area contributed by atoms with E-state index in [1.807, 2.05) is 18.2 Å². The van der Waals surface area contributed by atoms with Crippen molar-refractivity contribution in [3.05, 3.63) is 71.3 Å². The van der Waals surface area contributed by atoms with Crippen LogP contribution in [0.3, 0.4) is 0 Å². The zero-order valence-corrected chi connectivity index (χ0v) is 14.5. The van der Waals surface area contributed by atoms with Crippen LogP contribution in [-0.4, -0.2) is 35.3 Å². The summed E-state index contributed by atoms with van der Waals surface area (Å²) in [5, 5.41) is 11.3. The lowest BCUT2D eigenvalue weighted by Crippen LogP contribution is -2.60. The maximum atomic E-state index is 13.1. The minimum Gasteiger partial charge on any atom is -0.385 e. The molecule has 2 bridgehead atoms. The Hall–Kier alpha value is -1.82. The molecule has 2 atom stereocenters. The zero-order valence-electron chi connectivity index (χ0n) is 14.5. The van der Waals surface area contributed by atoms with Gasteiger partial charge in [-0.25, -0.2) is 8.78 Å². The third-order valence-electron chi connectivity index (χ3n) is 5.59.